The van der Waals surface area contributed by atoms with Gasteiger partial charge in [-0.2, -0.15) is 11.8 Å². The molecule has 1 rings (SSSR count). The Balaban J connectivity index is 2.53. The molecule has 1 atom stereocenters. The average Bonchev–Trinajstić information content (AvgIpc) is 2.39. The van der Waals surface area contributed by atoms with Gasteiger partial charge in [0.05, 0.1) is 4.99 Å². The summed E-state index contributed by atoms with van der Waals surface area (Å²) in [5.74, 6) is 0.479. The van der Waals surface area contributed by atoms with Crippen molar-refractivity contribution >= 4 is 34.9 Å². The van der Waals surface area contributed by atoms with Gasteiger partial charge in [0.25, 0.3) is 0 Å². The Morgan fingerprint density at radius 3 is 2.63 bits per heavy atom. The lowest BCUT2D eigenvalue weighted by atomic mass is 9.98. The summed E-state index contributed by atoms with van der Waals surface area (Å²) in [6, 6.07) is 9.41. The average molecular weight is 296 g/mol. The molecule has 0 saturated heterocycles. The largest absolute Gasteiger partial charge is 0.392 e. The lowest BCUT2D eigenvalue weighted by Gasteiger charge is -2.15. The zero-order valence-corrected chi connectivity index (χ0v) is 12.7. The van der Waals surface area contributed by atoms with Gasteiger partial charge in [-0.1, -0.05) is 42.5 Å². The molecule has 3 N–H and O–H groups in total. The highest BCUT2D eigenvalue weighted by Crippen LogP contribution is 2.16. The number of hydrogen-bond donors (Lipinski definition) is 2. The number of nitrogens with one attached hydrogen (secondary N) is 1. The zero-order chi connectivity index (χ0) is 14.1. The quantitative estimate of drug-likeness (QED) is 0.571. The molecule has 0 spiro atoms. The Kier molecular flexibility index (Phi) is 7.52. The van der Waals surface area contributed by atoms with Crippen molar-refractivity contribution < 1.29 is 4.79 Å². The van der Waals surface area contributed by atoms with Crippen molar-refractivity contribution in [1.29, 1.82) is 0 Å². The highest BCUT2D eigenvalue weighted by atomic mass is 32.2. The van der Waals surface area contributed by atoms with E-state index in [0.29, 0.717) is 6.54 Å². The second kappa shape index (κ2) is 8.93. The first kappa shape index (κ1) is 16.0. The normalized spacial score (nSPS) is 11.8. The molecule has 0 heterocycles. The fraction of sp³-hybridized carbons (Fsp3) is 0.429. The summed E-state index contributed by atoms with van der Waals surface area (Å²) in [6.45, 7) is 0.672. The minimum Gasteiger partial charge on any atom is -0.392 e. The van der Waals surface area contributed by atoms with Crippen LogP contribution in [-0.4, -0.2) is 29.4 Å². The number of benzene rings is 1. The SMILES string of the molecule is CSCCCCNC(=O)C(C(N)=S)c1ccccc1. The number of nitrogens with two attached hydrogens (primary N) is 1. The fourth-order valence-corrected chi connectivity index (χ4v) is 2.51. The van der Waals surface area contributed by atoms with Crippen LogP contribution < -0.4 is 11.1 Å². The molecule has 1 unspecified atom stereocenters. The third-order valence-corrected chi connectivity index (χ3v) is 3.69. The van der Waals surface area contributed by atoms with Crippen molar-refractivity contribution in [2.45, 2.75) is 18.8 Å². The minimum atomic E-state index is -0.531. The molecule has 0 aliphatic rings. The number of hydrogen-bond acceptors (Lipinski definition) is 3. The molecule has 0 aliphatic carbocycles. The molecule has 3 nitrogen and oxygen atoms in total. The lowest BCUT2D eigenvalue weighted by Crippen LogP contribution is -2.36. The van der Waals surface area contributed by atoms with Crippen molar-refractivity contribution in [3.63, 3.8) is 0 Å². The predicted molar refractivity (Wildman–Crippen MR) is 86.6 cm³/mol. The Labute approximate surface area is 124 Å². The van der Waals surface area contributed by atoms with E-state index in [9.17, 15) is 4.79 Å². The number of thioether (sulfide) groups is 1. The van der Waals surface area contributed by atoms with Gasteiger partial charge in [0.2, 0.25) is 5.91 Å². The van der Waals surface area contributed by atoms with Crippen LogP contribution in [0.2, 0.25) is 0 Å². The number of unbranched alkanes of at least 4 members (excludes halogenated alkanes) is 1. The maximum Gasteiger partial charge on any atom is 0.234 e. The van der Waals surface area contributed by atoms with Gasteiger partial charge in [0.1, 0.15) is 5.92 Å². The van der Waals surface area contributed by atoms with E-state index >= 15 is 0 Å². The van der Waals surface area contributed by atoms with Crippen LogP contribution in [0.4, 0.5) is 0 Å². The van der Waals surface area contributed by atoms with Gasteiger partial charge in [0, 0.05) is 6.54 Å². The first-order chi connectivity index (χ1) is 9.16. The maximum absolute atomic E-state index is 12.1. The first-order valence-corrected chi connectivity index (χ1v) is 8.08. The summed E-state index contributed by atoms with van der Waals surface area (Å²) in [6.07, 6.45) is 4.16. The van der Waals surface area contributed by atoms with Crippen LogP contribution >= 0.6 is 24.0 Å². The predicted octanol–water partition coefficient (Wildman–Crippen LogP) is 2.32. The summed E-state index contributed by atoms with van der Waals surface area (Å²) in [5.41, 5.74) is 6.53. The van der Waals surface area contributed by atoms with E-state index in [-0.39, 0.29) is 10.9 Å². The van der Waals surface area contributed by atoms with E-state index in [2.05, 4.69) is 11.6 Å². The fourth-order valence-electron chi connectivity index (χ4n) is 1.78. The lowest BCUT2D eigenvalue weighted by molar-refractivity contribution is -0.121. The maximum atomic E-state index is 12.1. The second-order valence-electron chi connectivity index (χ2n) is 4.24. The highest BCUT2D eigenvalue weighted by Gasteiger charge is 2.22. The van der Waals surface area contributed by atoms with Gasteiger partial charge in [-0.15, -0.1) is 0 Å². The van der Waals surface area contributed by atoms with Crippen LogP contribution in [0.3, 0.4) is 0 Å². The summed E-state index contributed by atoms with van der Waals surface area (Å²) in [4.78, 5) is 12.3. The summed E-state index contributed by atoms with van der Waals surface area (Å²) >= 11 is 6.82. The Bertz CT molecular complexity index is 409. The van der Waals surface area contributed by atoms with Crippen molar-refractivity contribution in [2.24, 2.45) is 5.73 Å². The monoisotopic (exact) mass is 296 g/mol. The van der Waals surface area contributed by atoms with Gasteiger partial charge >= 0.3 is 0 Å². The zero-order valence-electron chi connectivity index (χ0n) is 11.1. The van der Waals surface area contributed by atoms with Gasteiger partial charge in [-0.25, -0.2) is 0 Å². The minimum absolute atomic E-state index is 0.108. The van der Waals surface area contributed by atoms with E-state index in [1.165, 1.54) is 0 Å². The Hall–Kier alpha value is -1.07. The number of carbonyl (C=O) groups is 1. The molecule has 0 aliphatic heterocycles. The molecule has 19 heavy (non-hydrogen) atoms. The number of rotatable bonds is 8. The third kappa shape index (κ3) is 5.61. The summed E-state index contributed by atoms with van der Waals surface area (Å²) in [5, 5.41) is 2.91. The van der Waals surface area contributed by atoms with E-state index in [4.69, 9.17) is 18.0 Å². The van der Waals surface area contributed by atoms with Gasteiger partial charge < -0.3 is 11.1 Å². The molecule has 1 amide bonds. The van der Waals surface area contributed by atoms with Gasteiger partial charge in [-0.05, 0) is 30.4 Å². The van der Waals surface area contributed by atoms with Crippen LogP contribution in [-0.2, 0) is 4.79 Å². The Morgan fingerprint density at radius 1 is 1.37 bits per heavy atom. The molecule has 1 aromatic rings. The topological polar surface area (TPSA) is 55.1 Å². The second-order valence-corrected chi connectivity index (χ2v) is 5.69. The molecule has 5 heteroatoms. The molecular weight excluding hydrogens is 276 g/mol. The molecule has 0 bridgehead atoms. The highest BCUT2D eigenvalue weighted by molar-refractivity contribution is 7.98. The third-order valence-electron chi connectivity index (χ3n) is 2.75. The van der Waals surface area contributed by atoms with Crippen LogP contribution in [0, 0.1) is 0 Å². The van der Waals surface area contributed by atoms with Gasteiger partial charge in [-0.3, -0.25) is 4.79 Å². The summed E-state index contributed by atoms with van der Waals surface area (Å²) < 4.78 is 0. The smallest absolute Gasteiger partial charge is 0.234 e. The molecular formula is C14H20N2OS2. The summed E-state index contributed by atoms with van der Waals surface area (Å²) in [7, 11) is 0. The van der Waals surface area contributed by atoms with Crippen molar-refractivity contribution in [1.82, 2.24) is 5.32 Å². The van der Waals surface area contributed by atoms with Crippen LogP contribution in [0.15, 0.2) is 30.3 Å². The molecule has 0 aromatic heterocycles. The van der Waals surface area contributed by atoms with Crippen molar-refractivity contribution in [2.75, 3.05) is 18.6 Å². The number of thiocarbonyl (C=S) groups is 1. The first-order valence-electron chi connectivity index (χ1n) is 6.27. The molecule has 1 aromatic carbocycles. The molecule has 0 saturated carbocycles. The number of amides is 1. The standard InChI is InChI=1S/C14H20N2OS2/c1-19-10-6-5-9-16-14(17)12(13(15)18)11-7-3-2-4-8-11/h2-4,7-8,12H,5-6,9-10H2,1H3,(H2,15,18)(H,16,17). The van der Waals surface area contributed by atoms with E-state index in [1.807, 2.05) is 42.1 Å². The van der Waals surface area contributed by atoms with Gasteiger partial charge in [0.15, 0.2) is 0 Å². The van der Waals surface area contributed by atoms with E-state index in [1.54, 1.807) is 0 Å². The number of carbonyl (C=O) groups excluding carboxylic acids is 1. The molecule has 104 valence electrons. The Morgan fingerprint density at radius 2 is 2.05 bits per heavy atom. The molecule has 0 fully saturated rings. The van der Waals surface area contributed by atoms with E-state index in [0.717, 1.165) is 24.2 Å². The van der Waals surface area contributed by atoms with Crippen LogP contribution in [0.25, 0.3) is 0 Å². The van der Waals surface area contributed by atoms with E-state index < -0.39 is 5.92 Å². The van der Waals surface area contributed by atoms with Crippen molar-refractivity contribution in [3.05, 3.63) is 35.9 Å². The van der Waals surface area contributed by atoms with Crippen LogP contribution in [0.5, 0.6) is 0 Å². The molecule has 0 radical (unpaired) electrons. The van der Waals surface area contributed by atoms with Crippen LogP contribution in [0.1, 0.15) is 24.3 Å². The van der Waals surface area contributed by atoms with Crippen molar-refractivity contribution in [3.8, 4) is 0 Å².